The van der Waals surface area contributed by atoms with E-state index in [1.165, 1.54) is 12.1 Å². The van der Waals surface area contributed by atoms with E-state index in [0.717, 1.165) is 49.9 Å². The van der Waals surface area contributed by atoms with Crippen molar-refractivity contribution in [2.24, 2.45) is 0 Å². The molecule has 31 heavy (non-hydrogen) atoms. The third-order valence-electron chi connectivity index (χ3n) is 7.32. The number of halogens is 2. The molecule has 0 amide bonds. The predicted octanol–water partition coefficient (Wildman–Crippen LogP) is 5.07. The minimum absolute atomic E-state index is 0. The van der Waals surface area contributed by atoms with Gasteiger partial charge in [-0.15, -0.1) is 12.4 Å². The molecule has 1 aliphatic heterocycles. The van der Waals surface area contributed by atoms with Crippen LogP contribution in [0.4, 0.5) is 4.39 Å². The Bertz CT molecular complexity index is 926. The van der Waals surface area contributed by atoms with Crippen LogP contribution >= 0.6 is 12.4 Å². The van der Waals surface area contributed by atoms with Crippen molar-refractivity contribution in [2.45, 2.75) is 55.4 Å². The minimum Gasteiger partial charge on any atom is -0.481 e. The fourth-order valence-electron chi connectivity index (χ4n) is 5.35. The van der Waals surface area contributed by atoms with Crippen molar-refractivity contribution in [3.05, 3.63) is 71.5 Å². The average Bonchev–Trinajstić information content (AvgIpc) is 2.80. The molecule has 1 saturated carbocycles. The van der Waals surface area contributed by atoms with Crippen molar-refractivity contribution in [3.8, 4) is 6.07 Å². The number of hydrogen-bond acceptors (Lipinski definition) is 3. The molecule has 1 N–H and O–H groups in total. The van der Waals surface area contributed by atoms with E-state index in [9.17, 15) is 19.6 Å². The summed E-state index contributed by atoms with van der Waals surface area (Å²) in [7, 11) is 0. The van der Waals surface area contributed by atoms with Gasteiger partial charge in [-0.1, -0.05) is 42.5 Å². The Labute approximate surface area is 189 Å². The first-order valence-corrected chi connectivity index (χ1v) is 10.7. The van der Waals surface area contributed by atoms with Crippen LogP contribution < -0.4 is 0 Å². The van der Waals surface area contributed by atoms with Gasteiger partial charge in [-0.2, -0.15) is 5.26 Å². The lowest BCUT2D eigenvalue weighted by Gasteiger charge is -2.45. The molecule has 4 rings (SSSR count). The molecule has 0 bridgehead atoms. The lowest BCUT2D eigenvalue weighted by atomic mass is 9.68. The van der Waals surface area contributed by atoms with Gasteiger partial charge in [-0.25, -0.2) is 4.39 Å². The summed E-state index contributed by atoms with van der Waals surface area (Å²) in [6.07, 6.45) is 4.50. The molecular weight excluding hydrogens is 415 g/mol. The molecule has 1 saturated heterocycles. The van der Waals surface area contributed by atoms with Gasteiger partial charge in [0, 0.05) is 6.04 Å². The number of carboxylic acids is 1. The van der Waals surface area contributed by atoms with Crippen LogP contribution in [0.25, 0.3) is 0 Å². The van der Waals surface area contributed by atoms with Crippen LogP contribution in [-0.2, 0) is 15.6 Å². The molecule has 164 valence electrons. The molecule has 0 unspecified atom stereocenters. The average molecular weight is 443 g/mol. The molecule has 1 heterocycles. The number of benzene rings is 2. The summed E-state index contributed by atoms with van der Waals surface area (Å²) < 4.78 is 13.3. The summed E-state index contributed by atoms with van der Waals surface area (Å²) in [4.78, 5) is 14.6. The number of hydrogen-bond donors (Lipinski definition) is 1. The van der Waals surface area contributed by atoms with E-state index in [0.29, 0.717) is 18.9 Å². The quantitative estimate of drug-likeness (QED) is 0.717. The third-order valence-corrected chi connectivity index (χ3v) is 7.32. The van der Waals surface area contributed by atoms with Gasteiger partial charge in [0.25, 0.3) is 0 Å². The van der Waals surface area contributed by atoms with E-state index >= 15 is 0 Å². The van der Waals surface area contributed by atoms with Gasteiger partial charge in [0.15, 0.2) is 0 Å². The first-order valence-electron chi connectivity index (χ1n) is 10.7. The van der Waals surface area contributed by atoms with E-state index < -0.39 is 16.8 Å². The molecule has 2 aromatic rings. The lowest BCUT2D eigenvalue weighted by Crippen LogP contribution is -2.51. The fraction of sp³-hybridized carbons (Fsp3) is 0.440. The first-order chi connectivity index (χ1) is 14.5. The van der Waals surface area contributed by atoms with E-state index in [-0.39, 0.29) is 18.2 Å². The van der Waals surface area contributed by atoms with Gasteiger partial charge in [0.2, 0.25) is 0 Å². The van der Waals surface area contributed by atoms with Gasteiger partial charge in [-0.3, -0.25) is 4.79 Å². The largest absolute Gasteiger partial charge is 0.481 e. The van der Waals surface area contributed by atoms with Crippen molar-refractivity contribution >= 4 is 18.4 Å². The van der Waals surface area contributed by atoms with Gasteiger partial charge in [-0.05, 0) is 74.9 Å². The molecule has 6 heteroatoms. The first kappa shape index (κ1) is 23.2. The minimum atomic E-state index is -0.809. The number of likely N-dealkylation sites (tertiary alicyclic amines) is 1. The van der Waals surface area contributed by atoms with E-state index in [2.05, 4.69) is 11.0 Å². The summed E-state index contributed by atoms with van der Waals surface area (Å²) in [5.41, 5.74) is 0.435. The lowest BCUT2D eigenvalue weighted by molar-refractivity contribution is -0.146. The van der Waals surface area contributed by atoms with Gasteiger partial charge in [0.05, 0.1) is 16.9 Å². The third kappa shape index (κ3) is 4.33. The maximum Gasteiger partial charge on any atom is 0.314 e. The molecule has 0 atom stereocenters. The van der Waals surface area contributed by atoms with Crippen LogP contribution in [-0.4, -0.2) is 35.1 Å². The Morgan fingerprint density at radius 2 is 1.55 bits per heavy atom. The van der Waals surface area contributed by atoms with Crippen LogP contribution in [0.15, 0.2) is 54.6 Å². The monoisotopic (exact) mass is 442 g/mol. The highest BCUT2D eigenvalue weighted by Gasteiger charge is 2.45. The second-order valence-electron chi connectivity index (χ2n) is 8.72. The standard InChI is InChI=1S/C25H27FN2O2.ClH/c26-21-8-6-19(7-9-21)24(18-27)12-10-22(11-13-24)28-16-14-25(15-17-28,23(29)30)20-4-2-1-3-5-20;/h1-9,22H,10-17H2,(H,29,30);1H. The second kappa shape index (κ2) is 9.38. The number of rotatable bonds is 4. The Morgan fingerprint density at radius 3 is 2.06 bits per heavy atom. The SMILES string of the molecule is Cl.N#CC1(c2ccc(F)cc2)CCC(N2CCC(C(=O)O)(c3ccccc3)CC2)CC1. The predicted molar refractivity (Wildman–Crippen MR) is 120 cm³/mol. The van der Waals surface area contributed by atoms with Crippen molar-refractivity contribution < 1.29 is 14.3 Å². The molecule has 2 aliphatic rings. The smallest absolute Gasteiger partial charge is 0.314 e. The Kier molecular flexibility index (Phi) is 7.03. The Balaban J connectivity index is 0.00000272. The van der Waals surface area contributed by atoms with Crippen molar-refractivity contribution in [2.75, 3.05) is 13.1 Å². The normalized spacial score (nSPS) is 25.7. The topological polar surface area (TPSA) is 64.3 Å². The van der Waals surface area contributed by atoms with E-state index in [1.54, 1.807) is 12.1 Å². The van der Waals surface area contributed by atoms with Gasteiger partial charge < -0.3 is 10.0 Å². The van der Waals surface area contributed by atoms with Crippen molar-refractivity contribution in [3.63, 3.8) is 0 Å². The summed E-state index contributed by atoms with van der Waals surface area (Å²) >= 11 is 0. The zero-order valence-corrected chi connectivity index (χ0v) is 18.3. The number of aliphatic carboxylic acids is 1. The molecule has 0 radical (unpaired) electrons. The molecule has 0 spiro atoms. The molecular formula is C25H28ClFN2O2. The van der Waals surface area contributed by atoms with Gasteiger partial charge >= 0.3 is 5.97 Å². The number of piperidine rings is 1. The fourth-order valence-corrected chi connectivity index (χ4v) is 5.35. The van der Waals surface area contributed by atoms with Crippen molar-refractivity contribution in [1.29, 1.82) is 5.26 Å². The summed E-state index contributed by atoms with van der Waals surface area (Å²) in [6.45, 7) is 1.50. The molecule has 2 aromatic carbocycles. The number of carbonyl (C=O) groups is 1. The Morgan fingerprint density at radius 1 is 0.968 bits per heavy atom. The summed E-state index contributed by atoms with van der Waals surface area (Å²) in [5, 5.41) is 19.9. The number of nitrogens with zero attached hydrogens (tertiary/aromatic N) is 2. The zero-order chi connectivity index (χ0) is 21.2. The van der Waals surface area contributed by atoms with Crippen LogP contribution in [0.2, 0.25) is 0 Å². The highest BCUT2D eigenvalue weighted by Crippen LogP contribution is 2.43. The van der Waals surface area contributed by atoms with E-state index in [4.69, 9.17) is 0 Å². The molecule has 2 fully saturated rings. The second-order valence-corrected chi connectivity index (χ2v) is 8.72. The van der Waals surface area contributed by atoms with Gasteiger partial charge in [0.1, 0.15) is 5.82 Å². The summed E-state index contributed by atoms with van der Waals surface area (Å²) in [6, 6.07) is 18.8. The van der Waals surface area contributed by atoms with Crippen LogP contribution in [0.1, 0.15) is 49.7 Å². The molecule has 4 nitrogen and oxygen atoms in total. The van der Waals surface area contributed by atoms with Crippen LogP contribution in [0.3, 0.4) is 0 Å². The maximum absolute atomic E-state index is 13.3. The van der Waals surface area contributed by atoms with E-state index in [1.807, 2.05) is 30.3 Å². The number of carboxylic acid groups (broad SMARTS) is 1. The molecule has 0 aromatic heterocycles. The number of nitriles is 1. The van der Waals surface area contributed by atoms with Crippen molar-refractivity contribution in [1.82, 2.24) is 4.90 Å². The van der Waals surface area contributed by atoms with Crippen LogP contribution in [0.5, 0.6) is 0 Å². The highest BCUT2D eigenvalue weighted by molar-refractivity contribution is 5.85. The zero-order valence-electron chi connectivity index (χ0n) is 17.5. The highest BCUT2D eigenvalue weighted by atomic mass is 35.5. The molecule has 1 aliphatic carbocycles. The summed E-state index contributed by atoms with van der Waals surface area (Å²) in [5.74, 6) is -1.02. The maximum atomic E-state index is 13.3. The van der Waals surface area contributed by atoms with Crippen LogP contribution in [0, 0.1) is 17.1 Å². The Hall–Kier alpha value is -2.42.